The molecular weight excluding hydrogens is 426 g/mol. The second-order valence-electron chi connectivity index (χ2n) is 8.13. The third kappa shape index (κ3) is 3.87. The first-order chi connectivity index (χ1) is 15.3. The van der Waals surface area contributed by atoms with Crippen LogP contribution in [0.2, 0.25) is 0 Å². The topological polar surface area (TPSA) is 84.3 Å². The molecule has 4 aromatic heterocycles. The van der Waals surface area contributed by atoms with E-state index in [2.05, 4.69) is 30.2 Å². The highest BCUT2D eigenvalue weighted by Gasteiger charge is 2.35. The molecule has 1 aliphatic rings. The number of rotatable bonds is 5. The fourth-order valence-corrected chi connectivity index (χ4v) is 4.18. The van der Waals surface area contributed by atoms with Gasteiger partial charge in [-0.1, -0.05) is 0 Å². The van der Waals surface area contributed by atoms with Gasteiger partial charge in [0.15, 0.2) is 5.65 Å². The number of nitrogens with zero attached hydrogens (tertiary/aromatic N) is 5. The van der Waals surface area contributed by atoms with Crippen LogP contribution in [0.4, 0.5) is 23.5 Å². The summed E-state index contributed by atoms with van der Waals surface area (Å²) in [5.74, 6) is -1.74. The van der Waals surface area contributed by atoms with Gasteiger partial charge in [0.2, 0.25) is 11.9 Å². The first-order valence-electron chi connectivity index (χ1n) is 10.4. The molecule has 0 unspecified atom stereocenters. The second-order valence-corrected chi connectivity index (χ2v) is 8.13. The van der Waals surface area contributed by atoms with Crippen molar-refractivity contribution in [1.82, 2.24) is 29.5 Å². The van der Waals surface area contributed by atoms with Crippen molar-refractivity contribution in [3.05, 3.63) is 30.4 Å². The fourth-order valence-electron chi connectivity index (χ4n) is 4.18. The maximum absolute atomic E-state index is 13.4. The zero-order chi connectivity index (χ0) is 22.5. The van der Waals surface area contributed by atoms with Crippen molar-refractivity contribution in [2.45, 2.75) is 57.5 Å². The van der Waals surface area contributed by atoms with Gasteiger partial charge in [-0.3, -0.25) is 0 Å². The quantitative estimate of drug-likeness (QED) is 0.424. The van der Waals surface area contributed by atoms with Crippen LogP contribution in [0.3, 0.4) is 0 Å². The molecule has 1 fully saturated rings. The van der Waals surface area contributed by atoms with E-state index in [1.54, 1.807) is 31.5 Å². The summed E-state index contributed by atoms with van der Waals surface area (Å²) < 4.78 is 54.1. The minimum atomic E-state index is -2.59. The van der Waals surface area contributed by atoms with E-state index in [0.717, 1.165) is 5.56 Å². The lowest BCUT2D eigenvalue weighted by atomic mass is 9.92. The lowest BCUT2D eigenvalue weighted by molar-refractivity contribution is -0.0361. The molecule has 0 radical (unpaired) electrons. The molecule has 4 heterocycles. The molecule has 0 atom stereocenters. The SMILES string of the molecule is Cc1nc2ccc(-c3c[nH]c4nc(NC5CCC(F)(F)CC5)ncc34)nc2n1CC(F)F. The molecule has 0 amide bonds. The Balaban J connectivity index is 1.43. The van der Waals surface area contributed by atoms with E-state index in [1.165, 1.54) is 4.57 Å². The number of aromatic amines is 1. The van der Waals surface area contributed by atoms with Crippen LogP contribution < -0.4 is 5.32 Å². The van der Waals surface area contributed by atoms with Crippen LogP contribution in [0.1, 0.15) is 31.5 Å². The summed E-state index contributed by atoms with van der Waals surface area (Å²) in [5, 5.41) is 3.86. The Morgan fingerprint density at radius 1 is 1.19 bits per heavy atom. The number of halogens is 4. The van der Waals surface area contributed by atoms with Crippen molar-refractivity contribution < 1.29 is 17.6 Å². The number of alkyl halides is 4. The maximum Gasteiger partial charge on any atom is 0.256 e. The smallest absolute Gasteiger partial charge is 0.256 e. The number of hydrogen-bond acceptors (Lipinski definition) is 5. The van der Waals surface area contributed by atoms with E-state index in [0.29, 0.717) is 52.5 Å². The molecule has 0 aliphatic heterocycles. The summed E-state index contributed by atoms with van der Waals surface area (Å²) >= 11 is 0. The molecule has 0 spiro atoms. The standard InChI is InChI=1S/C21H21F4N7/c1-11-28-16-3-2-15(30-19(16)32(11)10-17(22)23)13-8-26-18-14(13)9-27-20(31-18)29-12-4-6-21(24,25)7-5-12/h2-3,8-9,12,17H,4-7,10H2,1H3,(H2,26,27,29,31). The van der Waals surface area contributed by atoms with Gasteiger partial charge in [0.1, 0.15) is 17.0 Å². The first-order valence-corrected chi connectivity index (χ1v) is 10.4. The highest BCUT2D eigenvalue weighted by molar-refractivity contribution is 5.93. The van der Waals surface area contributed by atoms with E-state index in [9.17, 15) is 17.6 Å². The minimum absolute atomic E-state index is 0.0936. The highest BCUT2D eigenvalue weighted by atomic mass is 19.3. The van der Waals surface area contributed by atoms with Gasteiger partial charge in [0, 0.05) is 42.2 Å². The van der Waals surface area contributed by atoms with Crippen LogP contribution in [-0.4, -0.2) is 47.9 Å². The van der Waals surface area contributed by atoms with Crippen molar-refractivity contribution in [2.75, 3.05) is 5.32 Å². The minimum Gasteiger partial charge on any atom is -0.351 e. The van der Waals surface area contributed by atoms with Crippen LogP contribution in [0.25, 0.3) is 33.5 Å². The second kappa shape index (κ2) is 7.72. The van der Waals surface area contributed by atoms with Crippen molar-refractivity contribution in [2.24, 2.45) is 0 Å². The third-order valence-electron chi connectivity index (χ3n) is 5.86. The summed E-state index contributed by atoms with van der Waals surface area (Å²) in [4.78, 5) is 20.8. The molecule has 1 saturated carbocycles. The summed E-state index contributed by atoms with van der Waals surface area (Å²) in [5.41, 5.74) is 2.82. The third-order valence-corrected chi connectivity index (χ3v) is 5.86. The number of pyridine rings is 1. The van der Waals surface area contributed by atoms with Gasteiger partial charge < -0.3 is 14.9 Å². The van der Waals surface area contributed by atoms with Crippen molar-refractivity contribution in [1.29, 1.82) is 0 Å². The predicted molar refractivity (Wildman–Crippen MR) is 112 cm³/mol. The largest absolute Gasteiger partial charge is 0.351 e. The monoisotopic (exact) mass is 447 g/mol. The summed E-state index contributed by atoms with van der Waals surface area (Å²) in [6.07, 6.45) is 1.30. The van der Waals surface area contributed by atoms with E-state index in [1.807, 2.05) is 0 Å². The lowest BCUT2D eigenvalue weighted by Gasteiger charge is -2.28. The van der Waals surface area contributed by atoms with Gasteiger partial charge in [0.25, 0.3) is 6.43 Å². The number of aryl methyl sites for hydroxylation is 1. The number of imidazole rings is 1. The fraction of sp³-hybridized carbons (Fsp3) is 0.429. The zero-order valence-corrected chi connectivity index (χ0v) is 17.2. The Labute approximate surface area is 180 Å². The van der Waals surface area contributed by atoms with Gasteiger partial charge in [-0.25, -0.2) is 32.5 Å². The van der Waals surface area contributed by atoms with Crippen LogP contribution in [-0.2, 0) is 6.54 Å². The molecular formula is C21H21F4N7. The molecule has 11 heteroatoms. The number of aromatic nitrogens is 6. The Morgan fingerprint density at radius 3 is 2.72 bits per heavy atom. The van der Waals surface area contributed by atoms with Crippen LogP contribution in [0.5, 0.6) is 0 Å². The van der Waals surface area contributed by atoms with Gasteiger partial charge in [-0.15, -0.1) is 0 Å². The molecule has 0 saturated heterocycles. The predicted octanol–water partition coefficient (Wildman–Crippen LogP) is 4.93. The summed E-state index contributed by atoms with van der Waals surface area (Å²) in [7, 11) is 0. The van der Waals surface area contributed by atoms with Crippen molar-refractivity contribution in [3.8, 4) is 11.3 Å². The average Bonchev–Trinajstić information content (AvgIpc) is 3.29. The van der Waals surface area contributed by atoms with Gasteiger partial charge in [0.05, 0.1) is 12.2 Å². The Hall–Kier alpha value is -3.24. The average molecular weight is 447 g/mol. The number of anilines is 1. The Morgan fingerprint density at radius 2 is 1.97 bits per heavy atom. The molecule has 1 aliphatic carbocycles. The maximum atomic E-state index is 13.4. The molecule has 5 rings (SSSR count). The zero-order valence-electron chi connectivity index (χ0n) is 17.2. The molecule has 32 heavy (non-hydrogen) atoms. The van der Waals surface area contributed by atoms with Crippen LogP contribution >= 0.6 is 0 Å². The van der Waals surface area contributed by atoms with Crippen molar-refractivity contribution in [3.63, 3.8) is 0 Å². The molecule has 4 aromatic rings. The van der Waals surface area contributed by atoms with Crippen LogP contribution in [0, 0.1) is 6.92 Å². The Bertz CT molecular complexity index is 1270. The first kappa shape index (κ1) is 20.7. The number of nitrogens with one attached hydrogen (secondary N) is 2. The van der Waals surface area contributed by atoms with Crippen LogP contribution in [0.15, 0.2) is 24.5 Å². The normalized spacial score (nSPS) is 16.9. The highest BCUT2D eigenvalue weighted by Crippen LogP contribution is 2.34. The Kier molecular flexibility index (Phi) is 4.98. The molecule has 7 nitrogen and oxygen atoms in total. The molecule has 0 bridgehead atoms. The van der Waals surface area contributed by atoms with Crippen molar-refractivity contribution >= 4 is 28.1 Å². The van der Waals surface area contributed by atoms with Gasteiger partial charge in [-0.2, -0.15) is 4.98 Å². The number of hydrogen-bond donors (Lipinski definition) is 2. The molecule has 168 valence electrons. The summed E-state index contributed by atoms with van der Waals surface area (Å²) in [6.45, 7) is 1.20. The van der Waals surface area contributed by atoms with E-state index < -0.39 is 18.9 Å². The number of H-pyrrole nitrogens is 1. The lowest BCUT2D eigenvalue weighted by Crippen LogP contribution is -2.32. The summed E-state index contributed by atoms with van der Waals surface area (Å²) in [6, 6.07) is 3.43. The van der Waals surface area contributed by atoms with Gasteiger partial charge in [-0.05, 0) is 31.9 Å². The molecule has 0 aromatic carbocycles. The molecule has 2 N–H and O–H groups in total. The van der Waals surface area contributed by atoms with Gasteiger partial charge >= 0.3 is 0 Å². The van der Waals surface area contributed by atoms with E-state index in [4.69, 9.17) is 0 Å². The number of fused-ring (bicyclic) bond motifs is 2. The van der Waals surface area contributed by atoms with E-state index >= 15 is 0 Å². The van der Waals surface area contributed by atoms with E-state index in [-0.39, 0.29) is 18.9 Å².